The molecule has 6 rings (SSSR count). The standard InChI is InChI=1S/C44H53N5O6/c50-40-24-23-35(31-47(40)32-41(51)52)48(42(53)34-19-17-25-46(30-34)39-29-45-28-33-18-11-12-20-36(33)39)26-15-9-7-5-3-1-2-4-6-8-10-16-27-49-43(54)37-21-13-14-22-38(37)44(49)55/h11-14,18,20-24,28-29,31,34H,1-10,15-17,19,25-27,30,32H2,(H,51,52)/t34-/m0/s1. The zero-order chi connectivity index (χ0) is 38.6. The van der Waals surface area contributed by atoms with Crippen LogP contribution >= 0.6 is 0 Å². The molecule has 4 aromatic rings. The lowest BCUT2D eigenvalue weighted by atomic mass is 9.95. The number of benzene rings is 2. The summed E-state index contributed by atoms with van der Waals surface area (Å²) in [5.74, 6) is -1.70. The number of pyridine rings is 2. The van der Waals surface area contributed by atoms with Crippen molar-refractivity contribution in [3.8, 4) is 0 Å². The van der Waals surface area contributed by atoms with Gasteiger partial charge in [-0.05, 0) is 43.9 Å². The summed E-state index contributed by atoms with van der Waals surface area (Å²) in [7, 11) is 0. The van der Waals surface area contributed by atoms with E-state index in [0.29, 0.717) is 36.4 Å². The highest BCUT2D eigenvalue weighted by atomic mass is 16.4. The number of unbranched alkanes of at least 4 members (excludes halogenated alkanes) is 11. The van der Waals surface area contributed by atoms with Gasteiger partial charge in [0.1, 0.15) is 6.54 Å². The lowest BCUT2D eigenvalue weighted by molar-refractivity contribution is -0.137. The second-order valence-corrected chi connectivity index (χ2v) is 15.0. The molecule has 0 unspecified atom stereocenters. The minimum absolute atomic E-state index is 0.00186. The van der Waals surface area contributed by atoms with Crippen LogP contribution in [0.3, 0.4) is 0 Å². The molecule has 0 radical (unpaired) electrons. The van der Waals surface area contributed by atoms with Crippen molar-refractivity contribution in [2.24, 2.45) is 5.92 Å². The van der Waals surface area contributed by atoms with Crippen LogP contribution in [0.5, 0.6) is 0 Å². The number of carboxylic acids is 1. The molecule has 11 heteroatoms. The van der Waals surface area contributed by atoms with Gasteiger partial charge in [0.15, 0.2) is 0 Å². The lowest BCUT2D eigenvalue weighted by Crippen LogP contribution is -2.45. The van der Waals surface area contributed by atoms with Crippen LogP contribution in [0.2, 0.25) is 0 Å². The van der Waals surface area contributed by atoms with Crippen molar-refractivity contribution in [3.05, 3.63) is 101 Å². The molecule has 0 saturated carbocycles. The molecule has 1 atom stereocenters. The van der Waals surface area contributed by atoms with Gasteiger partial charge in [0.05, 0.1) is 34.6 Å². The fourth-order valence-electron chi connectivity index (χ4n) is 8.03. The van der Waals surface area contributed by atoms with Gasteiger partial charge in [-0.1, -0.05) is 101 Å². The number of carboxylic acid groups (broad SMARTS) is 1. The fraction of sp³-hybridized carbons (Fsp3) is 0.455. The van der Waals surface area contributed by atoms with E-state index >= 15 is 0 Å². The molecule has 4 heterocycles. The molecular weight excluding hydrogens is 695 g/mol. The molecule has 11 nitrogen and oxygen atoms in total. The molecule has 2 aliphatic rings. The molecule has 1 N–H and O–H groups in total. The number of piperidine rings is 1. The van der Waals surface area contributed by atoms with Gasteiger partial charge in [0, 0.05) is 55.4 Å². The van der Waals surface area contributed by atoms with E-state index < -0.39 is 18.1 Å². The van der Waals surface area contributed by atoms with Gasteiger partial charge >= 0.3 is 5.97 Å². The Kier molecular flexibility index (Phi) is 13.8. The normalized spacial score (nSPS) is 15.5. The molecule has 0 spiro atoms. The summed E-state index contributed by atoms with van der Waals surface area (Å²) < 4.78 is 1.16. The Bertz CT molecular complexity index is 1990. The average Bonchev–Trinajstić information content (AvgIpc) is 3.44. The van der Waals surface area contributed by atoms with Crippen molar-refractivity contribution in [3.63, 3.8) is 0 Å². The molecular formula is C44H53N5O6. The largest absolute Gasteiger partial charge is 0.480 e. The number of carbonyl (C=O) groups is 4. The second kappa shape index (κ2) is 19.3. The Balaban J connectivity index is 0.922. The van der Waals surface area contributed by atoms with Crippen LogP contribution in [0.15, 0.2) is 84.0 Å². The zero-order valence-corrected chi connectivity index (χ0v) is 31.7. The van der Waals surface area contributed by atoms with Gasteiger partial charge in [-0.2, -0.15) is 0 Å². The first-order valence-corrected chi connectivity index (χ1v) is 20.1. The highest BCUT2D eigenvalue weighted by Gasteiger charge is 2.34. The number of fused-ring (bicyclic) bond motifs is 2. The molecule has 2 aromatic carbocycles. The summed E-state index contributed by atoms with van der Waals surface area (Å²) in [6.07, 6.45) is 19.7. The van der Waals surface area contributed by atoms with E-state index in [1.807, 2.05) is 30.6 Å². The summed E-state index contributed by atoms with van der Waals surface area (Å²) in [6.45, 7) is 1.93. The minimum Gasteiger partial charge on any atom is -0.480 e. The van der Waals surface area contributed by atoms with Crippen LogP contribution in [0, 0.1) is 5.92 Å². The number of hydrogen-bond acceptors (Lipinski definition) is 7. The number of rotatable bonds is 20. The highest BCUT2D eigenvalue weighted by molar-refractivity contribution is 6.21. The van der Waals surface area contributed by atoms with Gasteiger partial charge in [-0.3, -0.25) is 33.9 Å². The Hall–Kier alpha value is -5.32. The lowest BCUT2D eigenvalue weighted by Gasteiger charge is -2.36. The Morgan fingerprint density at radius 3 is 2.04 bits per heavy atom. The van der Waals surface area contributed by atoms with E-state index in [2.05, 4.69) is 16.0 Å². The number of imide groups is 1. The van der Waals surface area contributed by atoms with Crippen molar-refractivity contribution in [2.45, 2.75) is 96.4 Å². The maximum Gasteiger partial charge on any atom is 0.323 e. The third kappa shape index (κ3) is 10.1. The van der Waals surface area contributed by atoms with Crippen molar-refractivity contribution in [1.29, 1.82) is 0 Å². The molecule has 2 aliphatic heterocycles. The van der Waals surface area contributed by atoms with E-state index in [4.69, 9.17) is 0 Å². The number of amides is 3. The summed E-state index contributed by atoms with van der Waals surface area (Å²) in [5, 5.41) is 11.6. The highest BCUT2D eigenvalue weighted by Crippen LogP contribution is 2.31. The van der Waals surface area contributed by atoms with Crippen molar-refractivity contribution in [2.75, 3.05) is 36.0 Å². The predicted octanol–water partition coefficient (Wildman–Crippen LogP) is 7.71. The number of carbonyl (C=O) groups excluding carboxylic acids is 3. The maximum atomic E-state index is 14.3. The van der Waals surface area contributed by atoms with Crippen LogP contribution in [-0.2, 0) is 16.1 Å². The van der Waals surface area contributed by atoms with E-state index in [1.54, 1.807) is 35.2 Å². The molecule has 0 aliphatic carbocycles. The SMILES string of the molecule is O=C(O)Cn1cc(N(CCCCCCCCCCCCCCN2C(=O)c3ccccc3C2=O)C(=O)[C@H]2CCCN(c3cncc4ccccc34)C2)ccc1=O. The Morgan fingerprint density at radius 1 is 0.745 bits per heavy atom. The minimum atomic E-state index is -1.11. The van der Waals surface area contributed by atoms with Crippen molar-refractivity contribution >= 4 is 45.8 Å². The number of anilines is 2. The van der Waals surface area contributed by atoms with Crippen LogP contribution in [0.25, 0.3) is 10.8 Å². The predicted molar refractivity (Wildman–Crippen MR) is 215 cm³/mol. The molecule has 0 bridgehead atoms. The molecule has 290 valence electrons. The third-order valence-electron chi connectivity index (χ3n) is 11.0. The van der Waals surface area contributed by atoms with Gasteiger partial charge in [0.25, 0.3) is 17.4 Å². The maximum absolute atomic E-state index is 14.3. The first-order chi connectivity index (χ1) is 26.8. The third-order valence-corrected chi connectivity index (χ3v) is 11.0. The number of hydrogen-bond donors (Lipinski definition) is 1. The topological polar surface area (TPSA) is 133 Å². The average molecular weight is 748 g/mol. The summed E-state index contributed by atoms with van der Waals surface area (Å²) in [5.41, 5.74) is 2.20. The molecule has 2 aromatic heterocycles. The van der Waals surface area contributed by atoms with E-state index in [9.17, 15) is 29.1 Å². The van der Waals surface area contributed by atoms with Crippen LogP contribution in [0.1, 0.15) is 111 Å². The van der Waals surface area contributed by atoms with Gasteiger partial charge in [-0.25, -0.2) is 0 Å². The zero-order valence-electron chi connectivity index (χ0n) is 31.7. The van der Waals surface area contributed by atoms with Crippen LogP contribution in [-0.4, -0.2) is 69.4 Å². The van der Waals surface area contributed by atoms with E-state index in [1.165, 1.54) is 42.8 Å². The number of aliphatic carboxylic acids is 1. The van der Waals surface area contributed by atoms with Gasteiger partial charge in [0.2, 0.25) is 5.91 Å². The quantitative estimate of drug-likeness (QED) is 0.0719. The van der Waals surface area contributed by atoms with Crippen molar-refractivity contribution in [1.82, 2.24) is 14.5 Å². The van der Waals surface area contributed by atoms with Gasteiger partial charge < -0.3 is 19.5 Å². The summed E-state index contributed by atoms with van der Waals surface area (Å²) >= 11 is 0. The summed E-state index contributed by atoms with van der Waals surface area (Å²) in [4.78, 5) is 73.1. The van der Waals surface area contributed by atoms with E-state index in [-0.39, 0.29) is 23.6 Å². The molecule has 3 amide bonds. The Morgan fingerprint density at radius 2 is 1.36 bits per heavy atom. The fourth-order valence-corrected chi connectivity index (χ4v) is 8.03. The molecule has 55 heavy (non-hydrogen) atoms. The molecule has 1 fully saturated rings. The smallest absolute Gasteiger partial charge is 0.323 e. The first kappa shape index (κ1) is 39.4. The molecule has 1 saturated heterocycles. The monoisotopic (exact) mass is 747 g/mol. The van der Waals surface area contributed by atoms with Crippen LogP contribution < -0.4 is 15.4 Å². The van der Waals surface area contributed by atoms with E-state index in [0.717, 1.165) is 91.8 Å². The summed E-state index contributed by atoms with van der Waals surface area (Å²) in [6, 6.07) is 18.2. The van der Waals surface area contributed by atoms with Gasteiger partial charge in [-0.15, -0.1) is 0 Å². The number of aromatic nitrogens is 2. The second-order valence-electron chi connectivity index (χ2n) is 15.0. The Labute approximate surface area is 323 Å². The van der Waals surface area contributed by atoms with Crippen molar-refractivity contribution < 1.29 is 24.3 Å². The number of nitrogens with zero attached hydrogens (tertiary/aromatic N) is 5. The van der Waals surface area contributed by atoms with Crippen LogP contribution in [0.4, 0.5) is 11.4 Å². The first-order valence-electron chi connectivity index (χ1n) is 20.1.